The molecule has 1 aromatic carbocycles. The van der Waals surface area contributed by atoms with Crippen LogP contribution in [-0.4, -0.2) is 12.6 Å². The highest BCUT2D eigenvalue weighted by Gasteiger charge is 2.14. The molecule has 0 amide bonds. The van der Waals surface area contributed by atoms with E-state index in [9.17, 15) is 8.78 Å². The third kappa shape index (κ3) is 3.59. The van der Waals surface area contributed by atoms with E-state index in [1.54, 1.807) is 6.07 Å². The molecule has 0 saturated heterocycles. The molecule has 0 aromatic heterocycles. The average Bonchev–Trinajstić information content (AvgIpc) is 2.67. The predicted octanol–water partition coefficient (Wildman–Crippen LogP) is 3.96. The molecule has 20 heavy (non-hydrogen) atoms. The average molecular weight is 278 g/mol. The molecule has 1 aliphatic heterocycles. The first-order valence-corrected chi connectivity index (χ1v) is 6.90. The van der Waals surface area contributed by atoms with Crippen LogP contribution in [0.3, 0.4) is 0 Å². The number of halogens is 2. The van der Waals surface area contributed by atoms with E-state index in [0.29, 0.717) is 12.2 Å². The van der Waals surface area contributed by atoms with E-state index in [0.717, 1.165) is 18.5 Å². The lowest BCUT2D eigenvalue weighted by atomic mass is 10.2. The highest BCUT2D eigenvalue weighted by molar-refractivity contribution is 5.49. The van der Waals surface area contributed by atoms with Gasteiger partial charge in [-0.3, -0.25) is 0 Å². The van der Waals surface area contributed by atoms with Crippen molar-refractivity contribution in [2.45, 2.75) is 32.7 Å². The third-order valence-electron chi connectivity index (χ3n) is 3.31. The molecule has 0 radical (unpaired) electrons. The van der Waals surface area contributed by atoms with Crippen molar-refractivity contribution in [2.75, 3.05) is 11.4 Å². The van der Waals surface area contributed by atoms with E-state index in [-0.39, 0.29) is 6.04 Å². The van der Waals surface area contributed by atoms with Crippen LogP contribution in [0.4, 0.5) is 14.5 Å². The fourth-order valence-electron chi connectivity index (χ4n) is 2.19. The summed E-state index contributed by atoms with van der Waals surface area (Å²) in [5.74, 6) is -1.62. The first-order chi connectivity index (χ1) is 9.58. The molecule has 2 rings (SSSR count). The number of hydrogen-bond acceptors (Lipinski definition) is 2. The second-order valence-corrected chi connectivity index (χ2v) is 5.17. The lowest BCUT2D eigenvalue weighted by Gasteiger charge is -2.30. The highest BCUT2D eigenvalue weighted by atomic mass is 19.2. The Kier molecular flexibility index (Phi) is 4.77. The quantitative estimate of drug-likeness (QED) is 0.896. The van der Waals surface area contributed by atoms with Crippen molar-refractivity contribution in [1.29, 1.82) is 0 Å². The zero-order valence-electron chi connectivity index (χ0n) is 11.9. The summed E-state index contributed by atoms with van der Waals surface area (Å²) in [6, 6.07) is 4.23. The fraction of sp³-hybridized carbons (Fsp3) is 0.375. The van der Waals surface area contributed by atoms with Crippen LogP contribution in [-0.2, 0) is 0 Å². The van der Waals surface area contributed by atoms with Gasteiger partial charge in [-0.1, -0.05) is 12.2 Å². The lowest BCUT2D eigenvalue weighted by Crippen LogP contribution is -2.35. The van der Waals surface area contributed by atoms with Gasteiger partial charge in [0.1, 0.15) is 0 Å². The van der Waals surface area contributed by atoms with Crippen molar-refractivity contribution < 1.29 is 8.78 Å². The SMILES string of the molecule is CC(C)N(CC1=CCCC=CN1)c1ccc(F)c(F)c1. The summed E-state index contributed by atoms with van der Waals surface area (Å²) in [6.07, 6.45) is 8.17. The van der Waals surface area contributed by atoms with Gasteiger partial charge in [0.05, 0.1) is 6.54 Å². The molecule has 0 spiro atoms. The smallest absolute Gasteiger partial charge is 0.160 e. The Balaban J connectivity index is 2.20. The van der Waals surface area contributed by atoms with Crippen molar-refractivity contribution in [3.05, 3.63) is 53.9 Å². The Labute approximate surface area is 118 Å². The van der Waals surface area contributed by atoms with Gasteiger partial charge in [-0.15, -0.1) is 0 Å². The first kappa shape index (κ1) is 14.6. The molecule has 108 valence electrons. The van der Waals surface area contributed by atoms with Gasteiger partial charge in [-0.25, -0.2) is 8.78 Å². The molecule has 0 fully saturated rings. The molecular formula is C16H20F2N2. The second-order valence-electron chi connectivity index (χ2n) is 5.17. The van der Waals surface area contributed by atoms with Crippen molar-refractivity contribution in [3.8, 4) is 0 Å². The number of nitrogens with one attached hydrogen (secondary N) is 1. The Bertz CT molecular complexity index is 521. The molecule has 2 nitrogen and oxygen atoms in total. The fourth-order valence-corrected chi connectivity index (χ4v) is 2.19. The van der Waals surface area contributed by atoms with E-state index in [1.807, 2.05) is 24.9 Å². The van der Waals surface area contributed by atoms with Crippen LogP contribution in [0.1, 0.15) is 26.7 Å². The largest absolute Gasteiger partial charge is 0.364 e. The zero-order chi connectivity index (χ0) is 14.5. The monoisotopic (exact) mass is 278 g/mol. The minimum atomic E-state index is -0.813. The Morgan fingerprint density at radius 2 is 2.00 bits per heavy atom. The van der Waals surface area contributed by atoms with Gasteiger partial charge in [0, 0.05) is 23.5 Å². The second kappa shape index (κ2) is 6.55. The van der Waals surface area contributed by atoms with Crippen LogP contribution in [0.5, 0.6) is 0 Å². The van der Waals surface area contributed by atoms with Crippen LogP contribution in [0.15, 0.2) is 42.2 Å². The molecule has 1 aliphatic rings. The van der Waals surface area contributed by atoms with E-state index in [4.69, 9.17) is 0 Å². The predicted molar refractivity (Wildman–Crippen MR) is 78.4 cm³/mol. The van der Waals surface area contributed by atoms with Crippen molar-refractivity contribution in [3.63, 3.8) is 0 Å². The van der Waals surface area contributed by atoms with E-state index in [2.05, 4.69) is 17.5 Å². The van der Waals surface area contributed by atoms with Crippen LogP contribution >= 0.6 is 0 Å². The maximum atomic E-state index is 13.4. The lowest BCUT2D eigenvalue weighted by molar-refractivity contribution is 0.508. The van der Waals surface area contributed by atoms with Gasteiger partial charge in [0.25, 0.3) is 0 Å². The first-order valence-electron chi connectivity index (χ1n) is 6.90. The van der Waals surface area contributed by atoms with Crippen molar-refractivity contribution in [2.24, 2.45) is 0 Å². The minimum absolute atomic E-state index is 0.190. The standard InChI is InChI=1S/C16H20F2N2/c1-12(2)20(11-13-6-4-3-5-9-19-13)14-7-8-15(17)16(18)10-14/h5-10,12,19H,3-4,11H2,1-2H3. The molecule has 0 atom stereocenters. The Morgan fingerprint density at radius 1 is 1.20 bits per heavy atom. The summed E-state index contributed by atoms with van der Waals surface area (Å²) in [4.78, 5) is 2.04. The Hall–Kier alpha value is -1.84. The normalized spacial score (nSPS) is 14.8. The molecule has 1 N–H and O–H groups in total. The number of anilines is 1. The van der Waals surface area contributed by atoms with Crippen molar-refractivity contribution in [1.82, 2.24) is 5.32 Å². The van der Waals surface area contributed by atoms with E-state index in [1.165, 1.54) is 12.1 Å². The third-order valence-corrected chi connectivity index (χ3v) is 3.31. The number of allylic oxidation sites excluding steroid dienone is 2. The molecular weight excluding hydrogens is 258 g/mol. The summed E-state index contributed by atoms with van der Waals surface area (Å²) in [5.41, 5.74) is 1.77. The van der Waals surface area contributed by atoms with Gasteiger partial charge in [0.2, 0.25) is 0 Å². The van der Waals surface area contributed by atoms with E-state index < -0.39 is 11.6 Å². The van der Waals surface area contributed by atoms with Crippen LogP contribution in [0.2, 0.25) is 0 Å². The topological polar surface area (TPSA) is 15.3 Å². The molecule has 0 bridgehead atoms. The molecule has 0 aliphatic carbocycles. The highest BCUT2D eigenvalue weighted by Crippen LogP contribution is 2.21. The summed E-state index contributed by atoms with van der Waals surface area (Å²) >= 11 is 0. The number of nitrogens with zero attached hydrogens (tertiary/aromatic N) is 1. The molecule has 1 aromatic rings. The van der Waals surface area contributed by atoms with Gasteiger partial charge >= 0.3 is 0 Å². The van der Waals surface area contributed by atoms with Gasteiger partial charge < -0.3 is 10.2 Å². The summed E-state index contributed by atoms with van der Waals surface area (Å²) in [7, 11) is 0. The van der Waals surface area contributed by atoms with Gasteiger partial charge in [-0.05, 0) is 45.0 Å². The van der Waals surface area contributed by atoms with E-state index >= 15 is 0 Å². The zero-order valence-corrected chi connectivity index (χ0v) is 11.9. The molecule has 1 heterocycles. The molecule has 0 unspecified atom stereocenters. The van der Waals surface area contributed by atoms with Crippen LogP contribution in [0.25, 0.3) is 0 Å². The van der Waals surface area contributed by atoms with Crippen molar-refractivity contribution >= 4 is 5.69 Å². The summed E-state index contributed by atoms with van der Waals surface area (Å²) in [6.45, 7) is 4.72. The van der Waals surface area contributed by atoms with Crippen LogP contribution < -0.4 is 10.2 Å². The molecule has 0 saturated carbocycles. The Morgan fingerprint density at radius 3 is 2.70 bits per heavy atom. The maximum Gasteiger partial charge on any atom is 0.160 e. The summed E-state index contributed by atoms with van der Waals surface area (Å²) < 4.78 is 26.5. The minimum Gasteiger partial charge on any atom is -0.364 e. The maximum absolute atomic E-state index is 13.4. The van der Waals surface area contributed by atoms with Gasteiger partial charge in [0.15, 0.2) is 11.6 Å². The van der Waals surface area contributed by atoms with Crippen LogP contribution in [0, 0.1) is 11.6 Å². The number of hydrogen-bond donors (Lipinski definition) is 1. The number of rotatable bonds is 4. The molecule has 4 heteroatoms. The summed E-state index contributed by atoms with van der Waals surface area (Å²) in [5, 5.41) is 3.23. The van der Waals surface area contributed by atoms with Gasteiger partial charge in [-0.2, -0.15) is 0 Å². The number of benzene rings is 1.